The fraction of sp³-hybridized carbons (Fsp3) is 1.00. The first kappa shape index (κ1) is 13.0. The summed E-state index contributed by atoms with van der Waals surface area (Å²) in [5.41, 5.74) is 0.545. The average molecular weight is 184 g/mol. The van der Waals surface area contributed by atoms with Crippen molar-refractivity contribution in [1.29, 1.82) is 0 Å². The summed E-state index contributed by atoms with van der Waals surface area (Å²) in [6.45, 7) is 11.9. The molecule has 0 N–H and O–H groups in total. The van der Waals surface area contributed by atoms with E-state index in [-0.39, 0.29) is 7.43 Å². The molecule has 0 spiro atoms. The van der Waals surface area contributed by atoms with Crippen LogP contribution in [0, 0.1) is 23.2 Å². The van der Waals surface area contributed by atoms with Crippen LogP contribution in [-0.4, -0.2) is 0 Å². The van der Waals surface area contributed by atoms with E-state index in [9.17, 15) is 0 Å². The molecule has 13 heavy (non-hydrogen) atoms. The van der Waals surface area contributed by atoms with Gasteiger partial charge >= 0.3 is 0 Å². The van der Waals surface area contributed by atoms with Gasteiger partial charge in [0.15, 0.2) is 0 Å². The molecule has 0 aromatic heterocycles. The van der Waals surface area contributed by atoms with Gasteiger partial charge in [-0.2, -0.15) is 0 Å². The quantitative estimate of drug-likeness (QED) is 0.552. The summed E-state index contributed by atoms with van der Waals surface area (Å²) in [6, 6.07) is 0. The summed E-state index contributed by atoms with van der Waals surface area (Å²) < 4.78 is 0. The molecule has 0 nitrogen and oxygen atoms in total. The predicted octanol–water partition coefficient (Wildman–Crippen LogP) is 4.74. The van der Waals surface area contributed by atoms with Crippen LogP contribution in [0.2, 0.25) is 0 Å². The normalized spacial score (nSPS) is 29.1. The Bertz CT molecular complexity index is 139. The second-order valence-corrected chi connectivity index (χ2v) is 5.88. The third-order valence-corrected chi connectivity index (χ3v) is 3.64. The third-order valence-electron chi connectivity index (χ3n) is 3.64. The van der Waals surface area contributed by atoms with E-state index in [0.29, 0.717) is 5.41 Å². The smallest absolute Gasteiger partial charge is 0.0354 e. The molecule has 0 saturated heterocycles. The first-order chi connectivity index (χ1) is 5.41. The van der Waals surface area contributed by atoms with Crippen LogP contribution in [0.3, 0.4) is 0 Å². The lowest BCUT2D eigenvalue weighted by Gasteiger charge is -2.27. The van der Waals surface area contributed by atoms with Crippen molar-refractivity contribution in [3.63, 3.8) is 0 Å². The van der Waals surface area contributed by atoms with Gasteiger partial charge in [-0.1, -0.05) is 42.0 Å². The standard InChI is InChI=1S/C12H24.CH4/c1-9(2)10-6-7-11(8-10)12(3,4)5;/h9-11H,6-8H2,1-5H3;1H4. The van der Waals surface area contributed by atoms with Crippen LogP contribution in [0.5, 0.6) is 0 Å². The molecule has 0 radical (unpaired) electrons. The van der Waals surface area contributed by atoms with E-state index in [2.05, 4.69) is 34.6 Å². The van der Waals surface area contributed by atoms with E-state index < -0.39 is 0 Å². The van der Waals surface area contributed by atoms with Gasteiger partial charge < -0.3 is 0 Å². The zero-order chi connectivity index (χ0) is 9.35. The van der Waals surface area contributed by atoms with Crippen LogP contribution < -0.4 is 0 Å². The first-order valence-electron chi connectivity index (χ1n) is 5.41. The molecule has 2 atom stereocenters. The van der Waals surface area contributed by atoms with Crippen molar-refractivity contribution in [2.45, 2.75) is 61.3 Å². The van der Waals surface area contributed by atoms with Gasteiger partial charge in [0, 0.05) is 0 Å². The molecule has 1 saturated carbocycles. The van der Waals surface area contributed by atoms with Gasteiger partial charge in [0.2, 0.25) is 0 Å². The summed E-state index contributed by atoms with van der Waals surface area (Å²) in [5, 5.41) is 0. The molecule has 0 bridgehead atoms. The van der Waals surface area contributed by atoms with Crippen LogP contribution in [0.25, 0.3) is 0 Å². The summed E-state index contributed by atoms with van der Waals surface area (Å²) >= 11 is 0. The minimum absolute atomic E-state index is 0. The average Bonchev–Trinajstić information content (AvgIpc) is 2.30. The van der Waals surface area contributed by atoms with Gasteiger partial charge in [-0.05, 0) is 42.4 Å². The number of hydrogen-bond donors (Lipinski definition) is 0. The summed E-state index contributed by atoms with van der Waals surface area (Å²) in [6.07, 6.45) is 4.41. The van der Waals surface area contributed by atoms with E-state index in [1.165, 1.54) is 19.3 Å². The van der Waals surface area contributed by atoms with Gasteiger partial charge in [-0.15, -0.1) is 0 Å². The highest BCUT2D eigenvalue weighted by Gasteiger charge is 2.33. The van der Waals surface area contributed by atoms with Crippen molar-refractivity contribution < 1.29 is 0 Å². The molecule has 0 heterocycles. The van der Waals surface area contributed by atoms with Crippen molar-refractivity contribution >= 4 is 0 Å². The first-order valence-corrected chi connectivity index (χ1v) is 5.41. The largest absolute Gasteiger partial charge is 0.0776 e. The Morgan fingerprint density at radius 1 is 1.08 bits per heavy atom. The number of hydrogen-bond acceptors (Lipinski definition) is 0. The third kappa shape index (κ3) is 3.32. The van der Waals surface area contributed by atoms with Crippen molar-refractivity contribution in [1.82, 2.24) is 0 Å². The lowest BCUT2D eigenvalue weighted by molar-refractivity contribution is 0.231. The molecule has 1 fully saturated rings. The van der Waals surface area contributed by atoms with Crippen molar-refractivity contribution in [2.75, 3.05) is 0 Å². The Hall–Kier alpha value is 0. The summed E-state index contributed by atoms with van der Waals surface area (Å²) in [4.78, 5) is 0. The lowest BCUT2D eigenvalue weighted by atomic mass is 9.78. The molecule has 0 aromatic carbocycles. The van der Waals surface area contributed by atoms with Crippen LogP contribution in [0.15, 0.2) is 0 Å². The molecule has 80 valence electrons. The molecule has 1 rings (SSSR count). The van der Waals surface area contributed by atoms with Crippen LogP contribution >= 0.6 is 0 Å². The SMILES string of the molecule is C.CC(C)C1CCC(C(C)(C)C)C1. The Balaban J connectivity index is 0.00000144. The van der Waals surface area contributed by atoms with Gasteiger partial charge in [0.05, 0.1) is 0 Å². The molecular formula is C13H28. The van der Waals surface area contributed by atoms with Gasteiger partial charge in [0.25, 0.3) is 0 Å². The highest BCUT2D eigenvalue weighted by Crippen LogP contribution is 2.44. The van der Waals surface area contributed by atoms with Gasteiger partial charge in [0.1, 0.15) is 0 Å². The Morgan fingerprint density at radius 3 is 1.85 bits per heavy atom. The minimum atomic E-state index is 0. The molecule has 1 aliphatic rings. The second-order valence-electron chi connectivity index (χ2n) is 5.88. The van der Waals surface area contributed by atoms with Crippen molar-refractivity contribution in [3.05, 3.63) is 0 Å². The fourth-order valence-electron chi connectivity index (χ4n) is 2.41. The summed E-state index contributed by atoms with van der Waals surface area (Å²) in [5.74, 6) is 2.89. The van der Waals surface area contributed by atoms with E-state index in [1.807, 2.05) is 0 Å². The zero-order valence-corrected chi connectivity index (χ0v) is 9.35. The molecule has 0 aromatic rings. The highest BCUT2D eigenvalue weighted by atomic mass is 14.4. The van der Waals surface area contributed by atoms with E-state index in [4.69, 9.17) is 0 Å². The van der Waals surface area contributed by atoms with Crippen LogP contribution in [0.1, 0.15) is 61.3 Å². The Kier molecular flexibility index (Phi) is 4.48. The van der Waals surface area contributed by atoms with Gasteiger partial charge in [-0.25, -0.2) is 0 Å². The monoisotopic (exact) mass is 184 g/mol. The Labute approximate surface area is 85.1 Å². The number of rotatable bonds is 1. The Morgan fingerprint density at radius 2 is 1.62 bits per heavy atom. The van der Waals surface area contributed by atoms with E-state index in [0.717, 1.165) is 17.8 Å². The van der Waals surface area contributed by atoms with Crippen LogP contribution in [-0.2, 0) is 0 Å². The minimum Gasteiger partial charge on any atom is -0.0776 e. The van der Waals surface area contributed by atoms with Crippen molar-refractivity contribution in [3.8, 4) is 0 Å². The predicted molar refractivity (Wildman–Crippen MR) is 61.9 cm³/mol. The summed E-state index contributed by atoms with van der Waals surface area (Å²) in [7, 11) is 0. The van der Waals surface area contributed by atoms with E-state index >= 15 is 0 Å². The van der Waals surface area contributed by atoms with Crippen molar-refractivity contribution in [2.24, 2.45) is 23.2 Å². The maximum absolute atomic E-state index is 2.39. The highest BCUT2D eigenvalue weighted by molar-refractivity contribution is 4.84. The topological polar surface area (TPSA) is 0 Å². The second kappa shape index (κ2) is 4.48. The molecular weight excluding hydrogens is 156 g/mol. The fourth-order valence-corrected chi connectivity index (χ4v) is 2.41. The van der Waals surface area contributed by atoms with E-state index in [1.54, 1.807) is 0 Å². The molecule has 1 aliphatic carbocycles. The molecule has 0 heteroatoms. The molecule has 0 amide bonds. The molecule has 0 aliphatic heterocycles. The molecule has 2 unspecified atom stereocenters. The maximum atomic E-state index is 2.39. The zero-order valence-electron chi connectivity index (χ0n) is 9.35. The van der Waals surface area contributed by atoms with Gasteiger partial charge in [-0.3, -0.25) is 0 Å². The van der Waals surface area contributed by atoms with Crippen LogP contribution in [0.4, 0.5) is 0 Å². The lowest BCUT2D eigenvalue weighted by Crippen LogP contribution is -2.18. The maximum Gasteiger partial charge on any atom is -0.0354 e.